The van der Waals surface area contributed by atoms with Gasteiger partial charge in [-0.25, -0.2) is 9.37 Å². The summed E-state index contributed by atoms with van der Waals surface area (Å²) in [6, 6.07) is 2.98. The van der Waals surface area contributed by atoms with E-state index in [1.807, 2.05) is 0 Å². The van der Waals surface area contributed by atoms with E-state index < -0.39 is 35.1 Å². The van der Waals surface area contributed by atoms with Crippen LogP contribution in [0.5, 0.6) is 0 Å². The first kappa shape index (κ1) is 25.2. The van der Waals surface area contributed by atoms with Crippen molar-refractivity contribution in [3.05, 3.63) is 46.9 Å². The van der Waals surface area contributed by atoms with Crippen LogP contribution in [0.2, 0.25) is 0 Å². The Morgan fingerprint density at radius 1 is 1.34 bits per heavy atom. The fraction of sp³-hybridized carbons (Fsp3) is 0.476. The average Bonchev–Trinajstić information content (AvgIpc) is 3.10. The lowest BCUT2D eigenvalue weighted by Gasteiger charge is -2.30. The van der Waals surface area contributed by atoms with Gasteiger partial charge in [-0.15, -0.1) is 0 Å². The van der Waals surface area contributed by atoms with E-state index in [1.165, 1.54) is 46.9 Å². The van der Waals surface area contributed by atoms with Crippen molar-refractivity contribution in [3.63, 3.8) is 0 Å². The predicted molar refractivity (Wildman–Crippen MR) is 113 cm³/mol. The first-order valence-corrected chi connectivity index (χ1v) is 9.89. The Kier molecular flexibility index (Phi) is 7.21. The van der Waals surface area contributed by atoms with Gasteiger partial charge in [-0.3, -0.25) is 14.7 Å². The maximum absolute atomic E-state index is 14.7. The normalized spacial score (nSPS) is 13.8. The maximum atomic E-state index is 14.7. The first-order valence-electron chi connectivity index (χ1n) is 9.89. The van der Waals surface area contributed by atoms with Gasteiger partial charge in [-0.1, -0.05) is 0 Å². The number of alkyl halides is 3. The molecule has 0 saturated carbocycles. The molecular weight excluding hydrogens is 430 g/mol. The highest BCUT2D eigenvalue weighted by molar-refractivity contribution is 6.00. The van der Waals surface area contributed by atoms with Crippen molar-refractivity contribution in [1.29, 1.82) is 0 Å². The smallest absolute Gasteiger partial charge is 0.436 e. The van der Waals surface area contributed by atoms with E-state index in [-0.39, 0.29) is 23.1 Å². The zero-order chi connectivity index (χ0) is 24.4. The summed E-state index contributed by atoms with van der Waals surface area (Å²) in [5, 5.41) is 2.87. The van der Waals surface area contributed by atoms with E-state index in [4.69, 9.17) is 10.2 Å². The van der Waals surface area contributed by atoms with Crippen molar-refractivity contribution in [2.24, 2.45) is 10.7 Å². The van der Waals surface area contributed by atoms with Gasteiger partial charge in [0.2, 0.25) is 11.7 Å². The second-order valence-corrected chi connectivity index (χ2v) is 7.83. The zero-order valence-electron chi connectivity index (χ0n) is 18.8. The zero-order valence-corrected chi connectivity index (χ0v) is 18.8. The number of amides is 1. The second kappa shape index (κ2) is 9.17. The van der Waals surface area contributed by atoms with Crippen LogP contribution in [0.4, 0.5) is 23.2 Å². The summed E-state index contributed by atoms with van der Waals surface area (Å²) in [6.45, 7) is 7.98. The Hall–Kier alpha value is -3.11. The Balaban J connectivity index is 2.37. The number of carbonyl (C=O) groups excluding carboxylic acids is 1. The molecule has 11 heteroatoms. The third-order valence-electron chi connectivity index (χ3n) is 4.95. The molecule has 0 aliphatic rings. The highest BCUT2D eigenvalue weighted by Crippen LogP contribution is 2.37. The van der Waals surface area contributed by atoms with Gasteiger partial charge < -0.3 is 15.5 Å². The lowest BCUT2D eigenvalue weighted by atomic mass is 9.82. The van der Waals surface area contributed by atoms with Gasteiger partial charge in [-0.2, -0.15) is 13.2 Å². The van der Waals surface area contributed by atoms with Crippen LogP contribution < -0.4 is 11.1 Å². The van der Waals surface area contributed by atoms with Crippen molar-refractivity contribution < 1.29 is 26.8 Å². The van der Waals surface area contributed by atoms with Crippen molar-refractivity contribution in [2.45, 2.75) is 52.3 Å². The largest absolute Gasteiger partial charge is 0.451 e. The lowest BCUT2D eigenvalue weighted by Crippen LogP contribution is -2.47. The number of guanidine groups is 1. The van der Waals surface area contributed by atoms with Gasteiger partial charge in [0, 0.05) is 31.8 Å². The molecule has 1 unspecified atom stereocenters. The number of rotatable bonds is 6. The Morgan fingerprint density at radius 2 is 1.97 bits per heavy atom. The summed E-state index contributed by atoms with van der Waals surface area (Å²) in [5.74, 6) is -2.46. The number of anilines is 1. The van der Waals surface area contributed by atoms with Gasteiger partial charge in [0.15, 0.2) is 11.9 Å². The van der Waals surface area contributed by atoms with Crippen LogP contribution in [0.15, 0.2) is 27.6 Å². The van der Waals surface area contributed by atoms with E-state index in [1.54, 1.807) is 6.92 Å². The number of carbonyl (C=O) groups is 1. The minimum Gasteiger partial charge on any atom is -0.436 e. The molecule has 0 bridgehead atoms. The SMILES string of the molecule is CCN=C(N)N(C)C(=O)C(C)(C)c1cc(NC(C)c2nc(C)oc2C(F)(F)F)ccc1F. The number of nitrogens with one attached hydrogen (secondary N) is 1. The predicted octanol–water partition coefficient (Wildman–Crippen LogP) is 4.38. The van der Waals surface area contributed by atoms with Crippen LogP contribution in [-0.2, 0) is 16.4 Å². The number of likely N-dealkylation sites (N-methyl/N-ethyl adjacent to an activating group) is 1. The molecule has 0 aliphatic carbocycles. The molecular formula is C21H27F4N5O2. The Morgan fingerprint density at radius 3 is 2.53 bits per heavy atom. The molecule has 1 atom stereocenters. The maximum Gasteiger partial charge on any atom is 0.451 e. The van der Waals surface area contributed by atoms with Crippen molar-refractivity contribution in [2.75, 3.05) is 18.9 Å². The van der Waals surface area contributed by atoms with Crippen molar-refractivity contribution in [1.82, 2.24) is 9.88 Å². The Bertz CT molecular complexity index is 1010. The van der Waals surface area contributed by atoms with Crippen molar-refractivity contribution in [3.8, 4) is 0 Å². The molecule has 1 aromatic carbocycles. The van der Waals surface area contributed by atoms with E-state index in [0.29, 0.717) is 12.2 Å². The van der Waals surface area contributed by atoms with E-state index in [0.717, 1.165) is 11.0 Å². The minimum absolute atomic E-state index is 0.00466. The van der Waals surface area contributed by atoms with Crippen LogP contribution in [0.25, 0.3) is 0 Å². The summed E-state index contributed by atoms with van der Waals surface area (Å²) >= 11 is 0. The molecule has 0 radical (unpaired) electrons. The van der Waals surface area contributed by atoms with Gasteiger partial charge in [0.25, 0.3) is 0 Å². The molecule has 7 nitrogen and oxygen atoms in total. The van der Waals surface area contributed by atoms with Crippen molar-refractivity contribution >= 4 is 17.6 Å². The van der Waals surface area contributed by atoms with E-state index in [9.17, 15) is 22.4 Å². The second-order valence-electron chi connectivity index (χ2n) is 7.83. The highest BCUT2D eigenvalue weighted by Gasteiger charge is 2.41. The van der Waals surface area contributed by atoms with Crippen LogP contribution in [-0.4, -0.2) is 35.3 Å². The lowest BCUT2D eigenvalue weighted by molar-refractivity contribution is -0.154. The molecule has 1 aromatic heterocycles. The monoisotopic (exact) mass is 457 g/mol. The van der Waals surface area contributed by atoms with E-state index in [2.05, 4.69) is 15.3 Å². The summed E-state index contributed by atoms with van der Waals surface area (Å²) < 4.78 is 59.1. The third kappa shape index (κ3) is 5.20. The van der Waals surface area contributed by atoms with Gasteiger partial charge in [0.1, 0.15) is 11.5 Å². The third-order valence-corrected chi connectivity index (χ3v) is 4.95. The number of oxazole rings is 1. The quantitative estimate of drug-likeness (QED) is 0.381. The van der Waals surface area contributed by atoms with Gasteiger partial charge in [0.05, 0.1) is 11.5 Å². The number of aromatic nitrogens is 1. The number of aryl methyl sites for hydroxylation is 1. The summed E-state index contributed by atoms with van der Waals surface area (Å²) in [6.07, 6.45) is -4.71. The summed E-state index contributed by atoms with van der Waals surface area (Å²) in [5.41, 5.74) is 4.49. The molecule has 1 heterocycles. The summed E-state index contributed by atoms with van der Waals surface area (Å²) in [7, 11) is 1.44. The fourth-order valence-electron chi connectivity index (χ4n) is 3.26. The molecule has 2 rings (SSSR count). The number of halogens is 4. The number of hydrogen-bond donors (Lipinski definition) is 2. The minimum atomic E-state index is -4.71. The molecule has 3 N–H and O–H groups in total. The molecule has 0 fully saturated rings. The highest BCUT2D eigenvalue weighted by atomic mass is 19.4. The van der Waals surface area contributed by atoms with Crippen LogP contribution >= 0.6 is 0 Å². The van der Waals surface area contributed by atoms with Gasteiger partial charge in [-0.05, 0) is 45.9 Å². The molecule has 176 valence electrons. The molecule has 0 aliphatic heterocycles. The molecule has 0 saturated heterocycles. The molecule has 0 spiro atoms. The number of hydrogen-bond acceptors (Lipinski definition) is 5. The molecule has 32 heavy (non-hydrogen) atoms. The number of nitrogens with two attached hydrogens (primary N) is 1. The Labute approximate surface area is 183 Å². The fourth-order valence-corrected chi connectivity index (χ4v) is 3.26. The number of benzene rings is 1. The number of aliphatic imine (C=N–C) groups is 1. The summed E-state index contributed by atoms with van der Waals surface area (Å²) in [4.78, 5) is 21.9. The van der Waals surface area contributed by atoms with Crippen LogP contribution in [0, 0.1) is 12.7 Å². The van der Waals surface area contributed by atoms with Crippen LogP contribution in [0.1, 0.15) is 56.6 Å². The molecule has 2 aromatic rings. The number of nitrogens with zero attached hydrogens (tertiary/aromatic N) is 3. The molecule has 1 amide bonds. The first-order chi connectivity index (χ1) is 14.7. The van der Waals surface area contributed by atoms with Crippen LogP contribution in [0.3, 0.4) is 0 Å². The standard InChI is InChI=1S/C21H27F4N5O2/c1-7-27-19(26)30(6)18(31)20(4,5)14-10-13(8-9-15(14)22)28-11(2)16-17(21(23,24)25)32-12(3)29-16/h8-11,28H,7H2,1-6H3,(H2,26,27). The van der Waals surface area contributed by atoms with E-state index >= 15 is 0 Å². The topological polar surface area (TPSA) is 96.8 Å². The average molecular weight is 457 g/mol. The van der Waals surface area contributed by atoms with Gasteiger partial charge >= 0.3 is 6.18 Å².